The summed E-state index contributed by atoms with van der Waals surface area (Å²) in [6.07, 6.45) is 7.71. The number of pyridine rings is 1. The Bertz CT molecular complexity index is 688. The fourth-order valence-corrected chi connectivity index (χ4v) is 3.37. The summed E-state index contributed by atoms with van der Waals surface area (Å²) < 4.78 is 32.3. The molecule has 2 rings (SSSR count). The minimum Gasteiger partial charge on any atom is -0.494 e. The summed E-state index contributed by atoms with van der Waals surface area (Å²) in [4.78, 5) is 15.8. The van der Waals surface area contributed by atoms with Crippen LogP contribution in [0.25, 0.3) is 6.08 Å². The highest BCUT2D eigenvalue weighted by Gasteiger charge is 2.36. The lowest BCUT2D eigenvalue weighted by molar-refractivity contribution is -0.111. The van der Waals surface area contributed by atoms with E-state index in [0.29, 0.717) is 30.1 Å². The number of carbonyl (C=O) groups is 1. The molecule has 0 saturated heterocycles. The molecule has 142 valence electrons. The molecule has 0 radical (unpaired) electrons. The standard InChI is InChI=1S/C20H26F2N2O2/c1-5-18(25)24-17-12-15(19(26-4)13(2)23-17)9-6-14-7-10-16(11-8-14)20(3,21)22/h5-6,9,12,14,16H,1,7-8,10-11H2,2-4H3,(H,23,24,25)/b9-6+. The van der Waals surface area contributed by atoms with E-state index in [2.05, 4.69) is 16.9 Å². The Morgan fingerprint density at radius 3 is 2.58 bits per heavy atom. The van der Waals surface area contributed by atoms with Crippen molar-refractivity contribution in [3.05, 3.63) is 36.1 Å². The number of hydrogen-bond donors (Lipinski definition) is 1. The molecule has 1 aromatic heterocycles. The predicted molar refractivity (Wildman–Crippen MR) is 99.5 cm³/mol. The average molecular weight is 364 g/mol. The largest absolute Gasteiger partial charge is 0.494 e. The molecule has 1 fully saturated rings. The number of aromatic nitrogens is 1. The normalized spacial score (nSPS) is 20.8. The van der Waals surface area contributed by atoms with Gasteiger partial charge in [-0.2, -0.15) is 0 Å². The van der Waals surface area contributed by atoms with Crippen LogP contribution in [0.5, 0.6) is 5.75 Å². The van der Waals surface area contributed by atoms with Crippen molar-refractivity contribution in [1.29, 1.82) is 0 Å². The fourth-order valence-electron chi connectivity index (χ4n) is 3.37. The van der Waals surface area contributed by atoms with Crippen LogP contribution in [0.4, 0.5) is 14.6 Å². The number of nitrogens with zero attached hydrogens (tertiary/aromatic N) is 1. The summed E-state index contributed by atoms with van der Waals surface area (Å²) in [6, 6.07) is 1.73. The molecule has 4 nitrogen and oxygen atoms in total. The molecule has 1 heterocycles. The number of alkyl halides is 2. The van der Waals surface area contributed by atoms with Gasteiger partial charge >= 0.3 is 0 Å². The lowest BCUT2D eigenvalue weighted by Gasteiger charge is -2.30. The molecule has 6 heteroatoms. The van der Waals surface area contributed by atoms with Crippen LogP contribution in [0.15, 0.2) is 24.8 Å². The van der Waals surface area contributed by atoms with Crippen molar-refractivity contribution in [2.75, 3.05) is 12.4 Å². The Kier molecular flexibility index (Phi) is 6.51. The van der Waals surface area contributed by atoms with Crippen LogP contribution < -0.4 is 10.1 Å². The van der Waals surface area contributed by atoms with Crippen LogP contribution in [0, 0.1) is 18.8 Å². The number of allylic oxidation sites excluding steroid dienone is 1. The number of anilines is 1. The van der Waals surface area contributed by atoms with E-state index in [9.17, 15) is 13.6 Å². The summed E-state index contributed by atoms with van der Waals surface area (Å²) in [5.74, 6) is -2.15. The van der Waals surface area contributed by atoms with E-state index >= 15 is 0 Å². The van der Waals surface area contributed by atoms with Crippen molar-refractivity contribution < 1.29 is 18.3 Å². The maximum absolute atomic E-state index is 13.4. The highest BCUT2D eigenvalue weighted by Crippen LogP contribution is 2.39. The molecule has 0 aliphatic heterocycles. The van der Waals surface area contributed by atoms with Gasteiger partial charge in [0, 0.05) is 11.5 Å². The molecule has 1 aromatic rings. The van der Waals surface area contributed by atoms with Crippen LogP contribution in [-0.4, -0.2) is 23.9 Å². The minimum atomic E-state index is -2.60. The number of carbonyl (C=O) groups excluding carboxylic acids is 1. The maximum Gasteiger partial charge on any atom is 0.248 e. The lowest BCUT2D eigenvalue weighted by atomic mass is 9.79. The summed E-state index contributed by atoms with van der Waals surface area (Å²) in [5, 5.41) is 2.64. The first-order chi connectivity index (χ1) is 12.2. The fraction of sp³-hybridized carbons (Fsp3) is 0.500. The third-order valence-electron chi connectivity index (χ3n) is 4.85. The number of nitrogens with one attached hydrogen (secondary N) is 1. The van der Waals surface area contributed by atoms with Crippen LogP contribution in [0.1, 0.15) is 43.9 Å². The molecule has 0 bridgehead atoms. The Hall–Kier alpha value is -2.24. The van der Waals surface area contributed by atoms with Gasteiger partial charge < -0.3 is 10.1 Å². The first-order valence-corrected chi connectivity index (χ1v) is 8.79. The summed E-state index contributed by atoms with van der Waals surface area (Å²) in [6.45, 7) is 6.24. The number of amides is 1. The van der Waals surface area contributed by atoms with Crippen LogP contribution in [-0.2, 0) is 4.79 Å². The zero-order chi connectivity index (χ0) is 19.3. The van der Waals surface area contributed by atoms with Crippen molar-refractivity contribution in [1.82, 2.24) is 4.98 Å². The number of ether oxygens (including phenoxy) is 1. The second-order valence-electron chi connectivity index (χ2n) is 6.84. The van der Waals surface area contributed by atoms with Crippen LogP contribution in [0.2, 0.25) is 0 Å². The molecule has 0 aromatic carbocycles. The van der Waals surface area contributed by atoms with E-state index in [0.717, 1.165) is 25.3 Å². The summed E-state index contributed by atoms with van der Waals surface area (Å²) in [7, 11) is 1.57. The van der Waals surface area contributed by atoms with Gasteiger partial charge in [-0.3, -0.25) is 4.79 Å². The monoisotopic (exact) mass is 364 g/mol. The van der Waals surface area contributed by atoms with E-state index in [4.69, 9.17) is 4.74 Å². The van der Waals surface area contributed by atoms with Crippen molar-refractivity contribution >= 4 is 17.8 Å². The van der Waals surface area contributed by atoms with Gasteiger partial charge in [0.1, 0.15) is 11.6 Å². The van der Waals surface area contributed by atoms with Gasteiger partial charge in [-0.15, -0.1) is 0 Å². The van der Waals surface area contributed by atoms with Crippen LogP contribution >= 0.6 is 0 Å². The highest BCUT2D eigenvalue weighted by molar-refractivity contribution is 5.98. The predicted octanol–water partition coefficient (Wildman–Crippen LogP) is 5.00. The zero-order valence-corrected chi connectivity index (χ0v) is 15.5. The molecular weight excluding hydrogens is 338 g/mol. The molecule has 1 aliphatic carbocycles. The van der Waals surface area contributed by atoms with Gasteiger partial charge in [-0.05, 0) is 57.6 Å². The molecular formula is C20H26F2N2O2. The molecule has 1 aliphatic rings. The SMILES string of the molecule is C=CC(=O)Nc1cc(/C=C/C2CCC(C(C)(F)F)CC2)c(OC)c(C)n1. The van der Waals surface area contributed by atoms with E-state index in [1.807, 2.05) is 12.2 Å². The first kappa shape index (κ1) is 20.1. The minimum absolute atomic E-state index is 0.262. The first-order valence-electron chi connectivity index (χ1n) is 8.79. The zero-order valence-electron chi connectivity index (χ0n) is 15.5. The van der Waals surface area contributed by atoms with Gasteiger partial charge in [-0.25, -0.2) is 13.8 Å². The van der Waals surface area contributed by atoms with Crippen molar-refractivity contribution in [3.63, 3.8) is 0 Å². The quantitative estimate of drug-likeness (QED) is 0.723. The van der Waals surface area contributed by atoms with Crippen molar-refractivity contribution in [2.24, 2.45) is 11.8 Å². The second-order valence-corrected chi connectivity index (χ2v) is 6.84. The Morgan fingerprint density at radius 1 is 1.38 bits per heavy atom. The van der Waals surface area contributed by atoms with Crippen LogP contribution in [0.3, 0.4) is 0 Å². The lowest BCUT2D eigenvalue weighted by Crippen LogP contribution is -2.28. The number of methoxy groups -OCH3 is 1. The maximum atomic E-state index is 13.4. The average Bonchev–Trinajstić information content (AvgIpc) is 2.59. The third-order valence-corrected chi connectivity index (χ3v) is 4.85. The van der Waals surface area contributed by atoms with Gasteiger partial charge in [-0.1, -0.05) is 18.7 Å². The van der Waals surface area contributed by atoms with Gasteiger partial charge in [0.15, 0.2) is 0 Å². The Labute approximate surface area is 153 Å². The molecule has 26 heavy (non-hydrogen) atoms. The number of hydrogen-bond acceptors (Lipinski definition) is 3. The number of halogens is 2. The van der Waals surface area contributed by atoms with Crippen molar-refractivity contribution in [3.8, 4) is 5.75 Å². The summed E-state index contributed by atoms with van der Waals surface area (Å²) in [5.41, 5.74) is 1.45. The van der Waals surface area contributed by atoms with E-state index in [-0.39, 0.29) is 11.8 Å². The molecule has 1 saturated carbocycles. The molecule has 1 N–H and O–H groups in total. The molecule has 1 amide bonds. The van der Waals surface area contributed by atoms with Crippen molar-refractivity contribution in [2.45, 2.75) is 45.5 Å². The summed E-state index contributed by atoms with van der Waals surface area (Å²) >= 11 is 0. The smallest absolute Gasteiger partial charge is 0.248 e. The van der Waals surface area contributed by atoms with Gasteiger partial charge in [0.2, 0.25) is 11.8 Å². The highest BCUT2D eigenvalue weighted by atomic mass is 19.3. The van der Waals surface area contributed by atoms with E-state index < -0.39 is 11.8 Å². The van der Waals surface area contributed by atoms with E-state index in [1.165, 1.54) is 6.08 Å². The second kappa shape index (κ2) is 8.43. The Morgan fingerprint density at radius 2 is 2.04 bits per heavy atom. The van der Waals surface area contributed by atoms with Gasteiger partial charge in [0.25, 0.3) is 0 Å². The molecule has 0 spiro atoms. The van der Waals surface area contributed by atoms with E-state index in [1.54, 1.807) is 20.1 Å². The Balaban J connectivity index is 2.13. The van der Waals surface area contributed by atoms with Gasteiger partial charge in [0.05, 0.1) is 12.8 Å². The molecule has 0 atom stereocenters. The topological polar surface area (TPSA) is 51.2 Å². The number of aryl methyl sites for hydroxylation is 1. The third kappa shape index (κ3) is 5.13. The molecule has 0 unspecified atom stereocenters. The number of rotatable bonds is 6.